The molecule has 1 aromatic heterocycles. The Balaban J connectivity index is 1.62. The molecule has 6 heteroatoms. The number of carbonyl (C=O) groups excluding carboxylic acids is 1. The van der Waals surface area contributed by atoms with Gasteiger partial charge in [0.25, 0.3) is 0 Å². The molecular weight excluding hydrogens is 309 g/mol. The van der Waals surface area contributed by atoms with E-state index >= 15 is 0 Å². The van der Waals surface area contributed by atoms with Gasteiger partial charge in [-0.25, -0.2) is 14.4 Å². The summed E-state index contributed by atoms with van der Waals surface area (Å²) in [5.74, 6) is -0.126. The molecule has 1 unspecified atom stereocenters. The van der Waals surface area contributed by atoms with Crippen molar-refractivity contribution in [1.82, 2.24) is 14.9 Å². The number of amides is 1. The van der Waals surface area contributed by atoms with E-state index in [1.54, 1.807) is 18.3 Å². The summed E-state index contributed by atoms with van der Waals surface area (Å²) >= 11 is 0. The average molecular weight is 329 g/mol. The normalized spacial score (nSPS) is 18.2. The minimum atomic E-state index is -0.318. The number of nitrogens with zero attached hydrogens (tertiary/aromatic N) is 3. The zero-order chi connectivity index (χ0) is 16.8. The molecule has 24 heavy (non-hydrogen) atoms. The van der Waals surface area contributed by atoms with Gasteiger partial charge in [0.05, 0.1) is 19.6 Å². The minimum Gasteiger partial charge on any atom is -0.379 e. The van der Waals surface area contributed by atoms with Crippen molar-refractivity contribution in [1.29, 1.82) is 0 Å². The number of rotatable bonds is 4. The molecule has 1 fully saturated rings. The van der Waals surface area contributed by atoms with E-state index in [0.29, 0.717) is 31.9 Å². The van der Waals surface area contributed by atoms with E-state index in [2.05, 4.69) is 9.97 Å². The maximum atomic E-state index is 13.3. The minimum absolute atomic E-state index is 0.00112. The second-order valence-corrected chi connectivity index (χ2v) is 5.99. The van der Waals surface area contributed by atoms with Crippen LogP contribution in [0.4, 0.5) is 4.39 Å². The highest BCUT2D eigenvalue weighted by molar-refractivity contribution is 5.78. The van der Waals surface area contributed by atoms with Crippen LogP contribution in [0.3, 0.4) is 0 Å². The number of benzene rings is 1. The smallest absolute Gasteiger partial charge is 0.227 e. The van der Waals surface area contributed by atoms with Crippen molar-refractivity contribution in [2.45, 2.75) is 12.8 Å². The first-order valence-electron chi connectivity index (χ1n) is 8.05. The molecule has 0 spiro atoms. The van der Waals surface area contributed by atoms with Gasteiger partial charge in [-0.15, -0.1) is 0 Å². The van der Waals surface area contributed by atoms with Crippen LogP contribution in [0.2, 0.25) is 0 Å². The van der Waals surface area contributed by atoms with Crippen molar-refractivity contribution >= 4 is 5.91 Å². The number of hydrogen-bond donors (Lipinski definition) is 0. The molecule has 1 amide bonds. The number of carbonyl (C=O) groups is 1. The average Bonchev–Trinajstić information content (AvgIpc) is 2.81. The standard InChI is InChI=1S/C18H20FN3O2/c19-16-3-1-2-14(8-16)10-18(23)22-6-7-24-12-15(11-22)9-17-4-5-20-13-21-17/h1-5,8,13,15H,6-7,9-12H2. The lowest BCUT2D eigenvalue weighted by Gasteiger charge is -2.23. The molecule has 0 N–H and O–H groups in total. The first kappa shape index (κ1) is 16.5. The third-order valence-corrected chi connectivity index (χ3v) is 4.08. The predicted molar refractivity (Wildman–Crippen MR) is 86.7 cm³/mol. The Morgan fingerprint density at radius 1 is 1.38 bits per heavy atom. The van der Waals surface area contributed by atoms with Crippen LogP contribution in [0.15, 0.2) is 42.9 Å². The van der Waals surface area contributed by atoms with Crippen LogP contribution in [0.1, 0.15) is 11.3 Å². The maximum absolute atomic E-state index is 13.3. The SMILES string of the molecule is O=C(Cc1cccc(F)c1)N1CCOCC(Cc2ccncn2)C1. The first-order valence-corrected chi connectivity index (χ1v) is 8.05. The summed E-state index contributed by atoms with van der Waals surface area (Å²) < 4.78 is 18.9. The molecule has 0 radical (unpaired) electrons. The van der Waals surface area contributed by atoms with Crippen molar-refractivity contribution in [2.24, 2.45) is 5.92 Å². The lowest BCUT2D eigenvalue weighted by atomic mass is 10.0. The zero-order valence-electron chi connectivity index (χ0n) is 13.4. The van der Waals surface area contributed by atoms with Gasteiger partial charge in [0.1, 0.15) is 12.1 Å². The molecule has 1 atom stereocenters. The van der Waals surface area contributed by atoms with Gasteiger partial charge in [-0.3, -0.25) is 4.79 Å². The van der Waals surface area contributed by atoms with Gasteiger partial charge in [-0.05, 0) is 30.2 Å². The van der Waals surface area contributed by atoms with E-state index in [-0.39, 0.29) is 24.1 Å². The van der Waals surface area contributed by atoms with Gasteiger partial charge in [-0.1, -0.05) is 12.1 Å². The Morgan fingerprint density at radius 2 is 2.29 bits per heavy atom. The predicted octanol–water partition coefficient (Wildman–Crippen LogP) is 1.88. The summed E-state index contributed by atoms with van der Waals surface area (Å²) in [7, 11) is 0. The van der Waals surface area contributed by atoms with Crippen LogP contribution >= 0.6 is 0 Å². The van der Waals surface area contributed by atoms with Gasteiger partial charge in [0.15, 0.2) is 0 Å². The van der Waals surface area contributed by atoms with Gasteiger partial charge in [-0.2, -0.15) is 0 Å². The molecule has 1 saturated heterocycles. The highest BCUT2D eigenvalue weighted by atomic mass is 19.1. The molecule has 1 aromatic carbocycles. The summed E-state index contributed by atoms with van der Waals surface area (Å²) in [5, 5.41) is 0. The Kier molecular flexibility index (Phi) is 5.48. The molecule has 2 aromatic rings. The monoisotopic (exact) mass is 329 g/mol. The largest absolute Gasteiger partial charge is 0.379 e. The highest BCUT2D eigenvalue weighted by Gasteiger charge is 2.23. The quantitative estimate of drug-likeness (QED) is 0.859. The van der Waals surface area contributed by atoms with Crippen molar-refractivity contribution in [3.8, 4) is 0 Å². The van der Waals surface area contributed by atoms with Gasteiger partial charge >= 0.3 is 0 Å². The summed E-state index contributed by atoms with van der Waals surface area (Å²) in [6.45, 7) is 2.31. The summed E-state index contributed by atoms with van der Waals surface area (Å²) in [6, 6.07) is 8.06. The number of hydrogen-bond acceptors (Lipinski definition) is 4. The fourth-order valence-electron chi connectivity index (χ4n) is 2.90. The van der Waals surface area contributed by atoms with Gasteiger partial charge in [0, 0.05) is 30.9 Å². The fraction of sp³-hybridized carbons (Fsp3) is 0.389. The van der Waals surface area contributed by atoms with E-state index in [4.69, 9.17) is 4.74 Å². The van der Waals surface area contributed by atoms with Crippen molar-refractivity contribution in [3.63, 3.8) is 0 Å². The molecule has 2 heterocycles. The number of aromatic nitrogens is 2. The van der Waals surface area contributed by atoms with Crippen molar-refractivity contribution in [2.75, 3.05) is 26.3 Å². The molecule has 0 bridgehead atoms. The van der Waals surface area contributed by atoms with Crippen LogP contribution in [0.25, 0.3) is 0 Å². The Hall–Kier alpha value is -2.34. The summed E-state index contributed by atoms with van der Waals surface area (Å²) in [6.07, 6.45) is 4.19. The lowest BCUT2D eigenvalue weighted by molar-refractivity contribution is -0.130. The summed E-state index contributed by atoms with van der Waals surface area (Å²) in [5.41, 5.74) is 1.63. The lowest BCUT2D eigenvalue weighted by Crippen LogP contribution is -2.37. The van der Waals surface area contributed by atoms with Crippen LogP contribution in [0.5, 0.6) is 0 Å². The number of halogens is 1. The molecule has 0 saturated carbocycles. The Morgan fingerprint density at radius 3 is 3.08 bits per heavy atom. The van der Waals surface area contributed by atoms with E-state index < -0.39 is 0 Å². The van der Waals surface area contributed by atoms with Gasteiger partial charge in [0.2, 0.25) is 5.91 Å². The van der Waals surface area contributed by atoms with Crippen LogP contribution < -0.4 is 0 Å². The van der Waals surface area contributed by atoms with Crippen LogP contribution in [0, 0.1) is 11.7 Å². The molecule has 0 aliphatic carbocycles. The van der Waals surface area contributed by atoms with E-state index in [1.807, 2.05) is 11.0 Å². The molecule has 3 rings (SSSR count). The molecule has 5 nitrogen and oxygen atoms in total. The highest BCUT2D eigenvalue weighted by Crippen LogP contribution is 2.14. The Bertz CT molecular complexity index is 681. The molecule has 1 aliphatic rings. The van der Waals surface area contributed by atoms with Crippen LogP contribution in [-0.2, 0) is 22.4 Å². The van der Waals surface area contributed by atoms with Crippen molar-refractivity contribution < 1.29 is 13.9 Å². The zero-order valence-corrected chi connectivity index (χ0v) is 13.4. The van der Waals surface area contributed by atoms with E-state index in [1.165, 1.54) is 18.5 Å². The van der Waals surface area contributed by atoms with E-state index in [0.717, 1.165) is 12.1 Å². The molecule has 1 aliphatic heterocycles. The third kappa shape index (κ3) is 4.58. The van der Waals surface area contributed by atoms with Crippen LogP contribution in [-0.4, -0.2) is 47.1 Å². The molecular formula is C18H20FN3O2. The topological polar surface area (TPSA) is 55.3 Å². The maximum Gasteiger partial charge on any atom is 0.227 e. The van der Waals surface area contributed by atoms with E-state index in [9.17, 15) is 9.18 Å². The van der Waals surface area contributed by atoms with Gasteiger partial charge < -0.3 is 9.64 Å². The number of ether oxygens (including phenoxy) is 1. The molecule has 126 valence electrons. The second-order valence-electron chi connectivity index (χ2n) is 5.99. The first-order chi connectivity index (χ1) is 11.7. The third-order valence-electron chi connectivity index (χ3n) is 4.08. The Labute approximate surface area is 140 Å². The fourth-order valence-corrected chi connectivity index (χ4v) is 2.90. The van der Waals surface area contributed by atoms with Crippen molar-refractivity contribution in [3.05, 3.63) is 59.9 Å². The summed E-state index contributed by atoms with van der Waals surface area (Å²) in [4.78, 5) is 22.5. The second kappa shape index (κ2) is 7.97.